The third-order valence-electron chi connectivity index (χ3n) is 3.67. The summed E-state index contributed by atoms with van der Waals surface area (Å²) in [5.74, 6) is -0.198. The summed E-state index contributed by atoms with van der Waals surface area (Å²) < 4.78 is 0. The fraction of sp³-hybridized carbons (Fsp3) is 0.0500. The van der Waals surface area contributed by atoms with Crippen molar-refractivity contribution in [2.24, 2.45) is 0 Å². The van der Waals surface area contributed by atoms with Crippen molar-refractivity contribution in [3.05, 3.63) is 83.9 Å². The number of amides is 1. The number of hydrogen-bond donors (Lipinski definition) is 2. The van der Waals surface area contributed by atoms with Crippen molar-refractivity contribution < 1.29 is 9.90 Å². The summed E-state index contributed by atoms with van der Waals surface area (Å²) in [6.07, 6.45) is 0. The van der Waals surface area contributed by atoms with Gasteiger partial charge in [0.25, 0.3) is 5.91 Å². The average Bonchev–Trinajstić information content (AvgIpc) is 2.58. The van der Waals surface area contributed by atoms with E-state index in [9.17, 15) is 9.90 Å². The van der Waals surface area contributed by atoms with Gasteiger partial charge in [0.1, 0.15) is 5.75 Å². The summed E-state index contributed by atoms with van der Waals surface area (Å²) >= 11 is 0. The number of carbonyl (C=O) groups is 1. The topological polar surface area (TPSA) is 49.3 Å². The second-order valence-corrected chi connectivity index (χ2v) is 5.42. The maximum absolute atomic E-state index is 12.3. The summed E-state index contributed by atoms with van der Waals surface area (Å²) in [5, 5.41) is 12.8. The van der Waals surface area contributed by atoms with Crippen LogP contribution in [0, 0.1) is 6.92 Å². The number of benzene rings is 3. The maximum Gasteiger partial charge on any atom is 0.255 e. The molecule has 23 heavy (non-hydrogen) atoms. The van der Waals surface area contributed by atoms with Crippen LogP contribution >= 0.6 is 0 Å². The van der Waals surface area contributed by atoms with Gasteiger partial charge in [0.05, 0.1) is 5.69 Å². The Morgan fingerprint density at radius 2 is 1.57 bits per heavy atom. The zero-order valence-corrected chi connectivity index (χ0v) is 12.8. The molecule has 0 unspecified atom stereocenters. The molecule has 0 atom stereocenters. The van der Waals surface area contributed by atoms with Crippen molar-refractivity contribution >= 4 is 11.6 Å². The van der Waals surface area contributed by atoms with E-state index in [0.717, 1.165) is 16.7 Å². The van der Waals surface area contributed by atoms with E-state index in [2.05, 4.69) is 5.32 Å². The number of aromatic hydroxyl groups is 1. The van der Waals surface area contributed by atoms with Crippen molar-refractivity contribution in [3.8, 4) is 16.9 Å². The van der Waals surface area contributed by atoms with Gasteiger partial charge in [-0.25, -0.2) is 0 Å². The minimum absolute atomic E-state index is 0.0464. The first-order chi connectivity index (χ1) is 11.1. The van der Waals surface area contributed by atoms with Crippen LogP contribution in [0.5, 0.6) is 5.75 Å². The number of phenolic OH excluding ortho intramolecular Hbond substituents is 1. The molecule has 3 heteroatoms. The van der Waals surface area contributed by atoms with Crippen LogP contribution in [0.1, 0.15) is 15.9 Å². The molecule has 1 amide bonds. The number of aryl methyl sites for hydroxylation is 1. The van der Waals surface area contributed by atoms with Gasteiger partial charge in [0.15, 0.2) is 0 Å². The van der Waals surface area contributed by atoms with E-state index in [0.29, 0.717) is 11.3 Å². The molecule has 0 aromatic heterocycles. The van der Waals surface area contributed by atoms with E-state index >= 15 is 0 Å². The van der Waals surface area contributed by atoms with Gasteiger partial charge in [-0.15, -0.1) is 0 Å². The third-order valence-corrected chi connectivity index (χ3v) is 3.67. The minimum atomic E-state index is -0.245. The van der Waals surface area contributed by atoms with Gasteiger partial charge < -0.3 is 10.4 Å². The quantitative estimate of drug-likeness (QED) is 0.694. The van der Waals surface area contributed by atoms with E-state index < -0.39 is 0 Å². The number of rotatable bonds is 3. The van der Waals surface area contributed by atoms with Gasteiger partial charge in [0, 0.05) is 5.56 Å². The van der Waals surface area contributed by atoms with Crippen LogP contribution in [-0.2, 0) is 0 Å². The predicted octanol–water partition coefficient (Wildman–Crippen LogP) is 4.62. The van der Waals surface area contributed by atoms with Gasteiger partial charge in [-0.1, -0.05) is 54.1 Å². The number of nitrogens with one attached hydrogen (secondary N) is 1. The summed E-state index contributed by atoms with van der Waals surface area (Å²) in [4.78, 5) is 12.3. The molecule has 3 aromatic carbocycles. The molecule has 0 aliphatic carbocycles. The molecule has 3 nitrogen and oxygen atoms in total. The molecule has 0 spiro atoms. The highest BCUT2D eigenvalue weighted by molar-refractivity contribution is 6.05. The zero-order valence-electron chi connectivity index (χ0n) is 12.8. The van der Waals surface area contributed by atoms with E-state index in [1.807, 2.05) is 55.5 Å². The number of carbonyl (C=O) groups excluding carboxylic acids is 1. The van der Waals surface area contributed by atoms with Crippen molar-refractivity contribution in [2.75, 3.05) is 5.32 Å². The maximum atomic E-state index is 12.3. The lowest BCUT2D eigenvalue weighted by Gasteiger charge is -2.10. The lowest BCUT2D eigenvalue weighted by atomic mass is 10.0. The van der Waals surface area contributed by atoms with Crippen molar-refractivity contribution in [1.82, 2.24) is 0 Å². The lowest BCUT2D eigenvalue weighted by molar-refractivity contribution is 0.102. The first kappa shape index (κ1) is 14.9. The Morgan fingerprint density at radius 3 is 2.26 bits per heavy atom. The molecule has 0 aliphatic heterocycles. The van der Waals surface area contributed by atoms with E-state index in [-0.39, 0.29) is 11.7 Å². The molecule has 2 N–H and O–H groups in total. The predicted molar refractivity (Wildman–Crippen MR) is 92.7 cm³/mol. The van der Waals surface area contributed by atoms with Crippen LogP contribution in [0.2, 0.25) is 0 Å². The van der Waals surface area contributed by atoms with E-state index in [1.54, 1.807) is 24.3 Å². The summed E-state index contributed by atoms with van der Waals surface area (Å²) in [7, 11) is 0. The third kappa shape index (κ3) is 3.40. The summed E-state index contributed by atoms with van der Waals surface area (Å²) in [5.41, 5.74) is 4.01. The molecule has 0 bridgehead atoms. The normalized spacial score (nSPS) is 10.3. The van der Waals surface area contributed by atoms with Crippen LogP contribution in [0.4, 0.5) is 5.69 Å². The highest BCUT2D eigenvalue weighted by Crippen LogP contribution is 2.30. The van der Waals surface area contributed by atoms with Crippen molar-refractivity contribution in [3.63, 3.8) is 0 Å². The first-order valence-electron chi connectivity index (χ1n) is 7.40. The molecule has 3 rings (SSSR count). The monoisotopic (exact) mass is 303 g/mol. The molecule has 3 aromatic rings. The standard InChI is InChI=1S/C20H17NO2/c1-14-7-9-16(10-8-14)20(23)21-18-13-17(11-12-19(18)22)15-5-3-2-4-6-15/h2-13,22H,1H3,(H,21,23). The van der Waals surface area contributed by atoms with Crippen LogP contribution in [-0.4, -0.2) is 11.0 Å². The molecule has 0 saturated heterocycles. The number of phenols is 1. The summed E-state index contributed by atoms with van der Waals surface area (Å²) in [6.45, 7) is 1.97. The number of anilines is 1. The van der Waals surface area contributed by atoms with Crippen molar-refractivity contribution in [1.29, 1.82) is 0 Å². The molecular weight excluding hydrogens is 286 g/mol. The zero-order chi connectivity index (χ0) is 16.2. The smallest absolute Gasteiger partial charge is 0.255 e. The first-order valence-corrected chi connectivity index (χ1v) is 7.40. The van der Waals surface area contributed by atoms with Gasteiger partial charge >= 0.3 is 0 Å². The molecule has 0 radical (unpaired) electrons. The largest absolute Gasteiger partial charge is 0.506 e. The summed E-state index contributed by atoms with van der Waals surface area (Å²) in [6, 6.07) is 22.3. The van der Waals surface area contributed by atoms with Crippen LogP contribution in [0.3, 0.4) is 0 Å². The minimum Gasteiger partial charge on any atom is -0.506 e. The van der Waals surface area contributed by atoms with E-state index in [4.69, 9.17) is 0 Å². The Labute approximate surface area is 135 Å². The Kier molecular flexibility index (Phi) is 4.11. The van der Waals surface area contributed by atoms with Gasteiger partial charge in [0.2, 0.25) is 0 Å². The average molecular weight is 303 g/mol. The Bertz CT molecular complexity index is 824. The fourth-order valence-corrected chi connectivity index (χ4v) is 2.35. The number of hydrogen-bond acceptors (Lipinski definition) is 2. The molecule has 0 saturated carbocycles. The molecule has 0 fully saturated rings. The van der Waals surface area contributed by atoms with Gasteiger partial charge in [-0.2, -0.15) is 0 Å². The molecule has 0 heterocycles. The van der Waals surface area contributed by atoms with Crippen LogP contribution in [0.15, 0.2) is 72.8 Å². The molecular formula is C20H17NO2. The highest BCUT2D eigenvalue weighted by Gasteiger charge is 2.10. The van der Waals surface area contributed by atoms with E-state index in [1.165, 1.54) is 0 Å². The second kappa shape index (κ2) is 6.36. The Morgan fingerprint density at radius 1 is 0.870 bits per heavy atom. The Balaban J connectivity index is 1.88. The highest BCUT2D eigenvalue weighted by atomic mass is 16.3. The van der Waals surface area contributed by atoms with Gasteiger partial charge in [-0.3, -0.25) is 4.79 Å². The fourth-order valence-electron chi connectivity index (χ4n) is 2.35. The van der Waals surface area contributed by atoms with Gasteiger partial charge in [-0.05, 0) is 42.3 Å². The molecule has 114 valence electrons. The van der Waals surface area contributed by atoms with Crippen molar-refractivity contribution in [2.45, 2.75) is 6.92 Å². The SMILES string of the molecule is Cc1ccc(C(=O)Nc2cc(-c3ccccc3)ccc2O)cc1. The second-order valence-electron chi connectivity index (χ2n) is 5.42. The lowest BCUT2D eigenvalue weighted by Crippen LogP contribution is -2.11. The molecule has 0 aliphatic rings. The van der Waals surface area contributed by atoms with Crippen LogP contribution in [0.25, 0.3) is 11.1 Å². The van der Waals surface area contributed by atoms with Crippen LogP contribution < -0.4 is 5.32 Å². The Hall–Kier alpha value is -3.07.